The summed E-state index contributed by atoms with van der Waals surface area (Å²) < 4.78 is 7.82. The van der Waals surface area contributed by atoms with E-state index in [1.54, 1.807) is 0 Å². The van der Waals surface area contributed by atoms with Gasteiger partial charge >= 0.3 is 5.97 Å². The molecule has 2 bridgehead atoms. The number of aryl methyl sites for hydroxylation is 1. The van der Waals surface area contributed by atoms with Gasteiger partial charge in [-0.1, -0.05) is 18.2 Å². The Morgan fingerprint density at radius 1 is 1.26 bits per heavy atom. The van der Waals surface area contributed by atoms with E-state index in [0.29, 0.717) is 5.92 Å². The van der Waals surface area contributed by atoms with E-state index in [0.717, 1.165) is 25.9 Å². The Hall–Kier alpha value is -2.23. The van der Waals surface area contributed by atoms with Gasteiger partial charge in [0.1, 0.15) is 6.10 Å². The van der Waals surface area contributed by atoms with Gasteiger partial charge in [0, 0.05) is 55.6 Å². The van der Waals surface area contributed by atoms with Crippen LogP contribution in [0.3, 0.4) is 0 Å². The molecule has 0 radical (unpaired) electrons. The quantitative estimate of drug-likeness (QED) is 0.799. The van der Waals surface area contributed by atoms with Crippen LogP contribution in [-0.2, 0) is 16.6 Å². The number of hydrogen-bond donors (Lipinski definition) is 0. The molecule has 4 heteroatoms. The Morgan fingerprint density at radius 3 is 2.74 bits per heavy atom. The summed E-state index contributed by atoms with van der Waals surface area (Å²) in [6.07, 6.45) is 6.52. The van der Waals surface area contributed by atoms with Crippen molar-refractivity contribution in [1.82, 2.24) is 9.47 Å². The number of benzene rings is 1. The van der Waals surface area contributed by atoms with Crippen molar-refractivity contribution < 1.29 is 9.53 Å². The second kappa shape index (κ2) is 5.44. The minimum absolute atomic E-state index is 0.0889. The number of ether oxygens (including phenoxy) is 1. The topological polar surface area (TPSA) is 34.5 Å². The molecule has 0 aliphatic carbocycles. The third kappa shape index (κ3) is 2.42. The first kappa shape index (κ1) is 14.4. The second-order valence-electron chi connectivity index (χ2n) is 6.64. The number of para-hydroxylation sites is 1. The standard InChI is InChI=1S/C19H22N2O2/c1-13(22)23-19-14-7-9-21(10-8-14)18(19)11-15-12-20(2)17-6-4-3-5-16(15)17/h3-6,11-12,14,19H,7-10H2,1-2H3/b18-11-. The van der Waals surface area contributed by atoms with Crippen LogP contribution in [0.2, 0.25) is 0 Å². The van der Waals surface area contributed by atoms with E-state index in [9.17, 15) is 4.79 Å². The highest BCUT2D eigenvalue weighted by Gasteiger charge is 2.40. The highest BCUT2D eigenvalue weighted by atomic mass is 16.5. The van der Waals surface area contributed by atoms with Crippen molar-refractivity contribution in [2.75, 3.05) is 13.1 Å². The molecule has 120 valence electrons. The Morgan fingerprint density at radius 2 is 2.00 bits per heavy atom. The van der Waals surface area contributed by atoms with Crippen LogP contribution in [0, 0.1) is 5.92 Å². The molecule has 1 aromatic heterocycles. The zero-order valence-electron chi connectivity index (χ0n) is 13.7. The zero-order valence-corrected chi connectivity index (χ0v) is 13.7. The van der Waals surface area contributed by atoms with Crippen LogP contribution < -0.4 is 0 Å². The predicted octanol–water partition coefficient (Wildman–Crippen LogP) is 3.18. The number of piperidine rings is 3. The van der Waals surface area contributed by atoms with Crippen molar-refractivity contribution in [1.29, 1.82) is 0 Å². The van der Waals surface area contributed by atoms with Crippen LogP contribution in [0.25, 0.3) is 17.0 Å². The highest BCUT2D eigenvalue weighted by molar-refractivity contribution is 5.90. The van der Waals surface area contributed by atoms with Gasteiger partial charge in [0.05, 0.1) is 5.70 Å². The third-order valence-corrected chi connectivity index (χ3v) is 5.15. The molecular weight excluding hydrogens is 288 g/mol. The number of carbonyl (C=O) groups is 1. The lowest BCUT2D eigenvalue weighted by molar-refractivity contribution is -0.151. The lowest BCUT2D eigenvalue weighted by Crippen LogP contribution is -2.50. The maximum Gasteiger partial charge on any atom is 0.303 e. The van der Waals surface area contributed by atoms with Crippen LogP contribution in [0.1, 0.15) is 25.3 Å². The van der Waals surface area contributed by atoms with Gasteiger partial charge in [0.2, 0.25) is 0 Å². The van der Waals surface area contributed by atoms with Gasteiger partial charge in [-0.05, 0) is 25.0 Å². The number of aromatic nitrogens is 1. The molecule has 3 fully saturated rings. The SMILES string of the molecule is CC(=O)OC1/C(=C/c2cn(C)c3ccccc23)N2CCC1CC2. The molecular formula is C19H22N2O2. The van der Waals surface area contributed by atoms with Crippen molar-refractivity contribution in [2.45, 2.75) is 25.9 Å². The summed E-state index contributed by atoms with van der Waals surface area (Å²) in [5, 5.41) is 1.24. The summed E-state index contributed by atoms with van der Waals surface area (Å²) in [7, 11) is 2.07. The van der Waals surface area contributed by atoms with E-state index in [-0.39, 0.29) is 12.1 Å². The first-order valence-corrected chi connectivity index (χ1v) is 8.31. The lowest BCUT2D eigenvalue weighted by Gasteiger charge is -2.47. The van der Waals surface area contributed by atoms with Crippen LogP contribution in [0.5, 0.6) is 0 Å². The van der Waals surface area contributed by atoms with Gasteiger partial charge < -0.3 is 14.2 Å². The number of fused-ring (bicyclic) bond motifs is 4. The molecule has 0 N–H and O–H groups in total. The highest BCUT2D eigenvalue weighted by Crippen LogP contribution is 2.38. The summed E-state index contributed by atoms with van der Waals surface area (Å²) in [4.78, 5) is 13.9. The monoisotopic (exact) mass is 310 g/mol. The molecule has 0 spiro atoms. The summed E-state index contributed by atoms with van der Waals surface area (Å²) in [6, 6.07) is 8.42. The molecule has 4 nitrogen and oxygen atoms in total. The second-order valence-corrected chi connectivity index (χ2v) is 6.64. The molecule has 5 rings (SSSR count). The predicted molar refractivity (Wildman–Crippen MR) is 90.7 cm³/mol. The van der Waals surface area contributed by atoms with Gasteiger partial charge in [0.25, 0.3) is 0 Å². The molecule has 0 saturated carbocycles. The Balaban J connectivity index is 1.79. The number of carbonyl (C=O) groups excluding carboxylic acids is 1. The smallest absolute Gasteiger partial charge is 0.303 e. The van der Waals surface area contributed by atoms with Gasteiger partial charge in [-0.25, -0.2) is 0 Å². The zero-order chi connectivity index (χ0) is 16.0. The molecule has 0 amide bonds. The summed E-state index contributed by atoms with van der Waals surface area (Å²) in [5.41, 5.74) is 3.58. The van der Waals surface area contributed by atoms with Crippen LogP contribution >= 0.6 is 0 Å². The summed E-state index contributed by atoms with van der Waals surface area (Å²) in [6.45, 7) is 3.64. The average molecular weight is 310 g/mol. The van der Waals surface area contributed by atoms with E-state index in [1.807, 2.05) is 0 Å². The van der Waals surface area contributed by atoms with Crippen molar-refractivity contribution >= 4 is 22.9 Å². The van der Waals surface area contributed by atoms with Crippen LogP contribution in [0.15, 0.2) is 36.2 Å². The third-order valence-electron chi connectivity index (χ3n) is 5.15. The van der Waals surface area contributed by atoms with E-state index in [4.69, 9.17) is 4.74 Å². The van der Waals surface area contributed by atoms with E-state index < -0.39 is 0 Å². The first-order chi connectivity index (χ1) is 11.1. The Kier molecular flexibility index (Phi) is 3.40. The fourth-order valence-electron chi connectivity index (χ4n) is 4.04. The minimum atomic E-state index is -0.187. The number of hydrogen-bond acceptors (Lipinski definition) is 3. The van der Waals surface area contributed by atoms with E-state index in [1.165, 1.54) is 29.1 Å². The molecule has 1 aromatic carbocycles. The van der Waals surface area contributed by atoms with Gasteiger partial charge in [-0.3, -0.25) is 4.79 Å². The molecule has 1 atom stereocenters. The molecule has 23 heavy (non-hydrogen) atoms. The Labute approximate surface area is 136 Å². The lowest BCUT2D eigenvalue weighted by atomic mass is 9.82. The van der Waals surface area contributed by atoms with Crippen molar-refractivity contribution in [3.8, 4) is 0 Å². The molecule has 1 unspecified atom stereocenters. The summed E-state index contributed by atoms with van der Waals surface area (Å²) in [5.74, 6) is 0.276. The average Bonchev–Trinajstić information content (AvgIpc) is 2.87. The van der Waals surface area contributed by atoms with Gasteiger partial charge in [0.15, 0.2) is 0 Å². The number of nitrogens with zero attached hydrogens (tertiary/aromatic N) is 2. The van der Waals surface area contributed by atoms with Crippen molar-refractivity contribution in [2.24, 2.45) is 13.0 Å². The fraction of sp³-hybridized carbons (Fsp3) is 0.421. The number of esters is 1. The molecule has 3 saturated heterocycles. The maximum absolute atomic E-state index is 11.5. The first-order valence-electron chi connectivity index (χ1n) is 8.31. The molecule has 4 heterocycles. The summed E-state index contributed by atoms with van der Waals surface area (Å²) >= 11 is 0. The van der Waals surface area contributed by atoms with E-state index in [2.05, 4.69) is 53.1 Å². The van der Waals surface area contributed by atoms with E-state index >= 15 is 0 Å². The van der Waals surface area contributed by atoms with Crippen molar-refractivity contribution in [3.05, 3.63) is 41.7 Å². The molecule has 3 aliphatic rings. The van der Waals surface area contributed by atoms with Gasteiger partial charge in [-0.15, -0.1) is 0 Å². The van der Waals surface area contributed by atoms with Crippen LogP contribution in [-0.4, -0.2) is 34.6 Å². The maximum atomic E-state index is 11.5. The van der Waals surface area contributed by atoms with Crippen molar-refractivity contribution in [3.63, 3.8) is 0 Å². The molecule has 2 aromatic rings. The number of rotatable bonds is 2. The normalized spacial score (nSPS) is 25.3. The van der Waals surface area contributed by atoms with Crippen LogP contribution in [0.4, 0.5) is 0 Å². The molecule has 3 aliphatic heterocycles. The minimum Gasteiger partial charge on any atom is -0.456 e. The van der Waals surface area contributed by atoms with Gasteiger partial charge in [-0.2, -0.15) is 0 Å². The largest absolute Gasteiger partial charge is 0.456 e. The fourth-order valence-corrected chi connectivity index (χ4v) is 4.04. The Bertz CT molecular complexity index is 782.